The standard InChI is InChI=1S/C16H13F3N4OS/c1-9-13(14(24)20-8-12-6-7-21-23-12)25-15(22-9)10-2-4-11(5-3-10)16(17,18)19/h2-7H,8H2,1H3,(H,20,24)(H,21,23). The second-order valence-electron chi connectivity index (χ2n) is 5.27. The lowest BCUT2D eigenvalue weighted by Crippen LogP contribution is -2.22. The fourth-order valence-corrected chi connectivity index (χ4v) is 3.16. The molecular weight excluding hydrogens is 353 g/mol. The lowest BCUT2D eigenvalue weighted by molar-refractivity contribution is -0.137. The van der Waals surface area contributed by atoms with E-state index in [9.17, 15) is 18.0 Å². The molecule has 0 fully saturated rings. The molecule has 3 aromatic rings. The quantitative estimate of drug-likeness (QED) is 0.738. The van der Waals surface area contributed by atoms with Gasteiger partial charge in [-0.25, -0.2) is 4.98 Å². The summed E-state index contributed by atoms with van der Waals surface area (Å²) in [6.07, 6.45) is -2.79. The Hall–Kier alpha value is -2.68. The summed E-state index contributed by atoms with van der Waals surface area (Å²) in [6, 6.07) is 6.46. The summed E-state index contributed by atoms with van der Waals surface area (Å²) < 4.78 is 37.9. The number of H-pyrrole nitrogens is 1. The zero-order valence-electron chi connectivity index (χ0n) is 13.0. The average Bonchev–Trinajstić information content (AvgIpc) is 3.21. The molecule has 0 radical (unpaired) electrons. The molecule has 0 aliphatic carbocycles. The van der Waals surface area contributed by atoms with E-state index in [1.54, 1.807) is 19.2 Å². The maximum Gasteiger partial charge on any atom is 0.416 e. The van der Waals surface area contributed by atoms with Crippen LogP contribution in [0.3, 0.4) is 0 Å². The highest BCUT2D eigenvalue weighted by molar-refractivity contribution is 7.17. The van der Waals surface area contributed by atoms with Crippen molar-refractivity contribution in [1.29, 1.82) is 0 Å². The van der Waals surface area contributed by atoms with E-state index in [4.69, 9.17) is 0 Å². The van der Waals surface area contributed by atoms with Crippen LogP contribution in [0.25, 0.3) is 10.6 Å². The largest absolute Gasteiger partial charge is 0.416 e. The third-order valence-corrected chi connectivity index (χ3v) is 4.67. The lowest BCUT2D eigenvalue weighted by atomic mass is 10.1. The molecule has 0 aliphatic heterocycles. The van der Waals surface area contributed by atoms with Gasteiger partial charge in [0, 0.05) is 11.8 Å². The number of rotatable bonds is 4. The smallest absolute Gasteiger partial charge is 0.346 e. The van der Waals surface area contributed by atoms with Crippen molar-refractivity contribution in [2.24, 2.45) is 0 Å². The Bertz CT molecular complexity index is 870. The number of nitrogens with zero attached hydrogens (tertiary/aromatic N) is 2. The van der Waals surface area contributed by atoms with Gasteiger partial charge in [-0.15, -0.1) is 11.3 Å². The molecule has 0 spiro atoms. The van der Waals surface area contributed by atoms with Crippen LogP contribution < -0.4 is 5.32 Å². The molecule has 0 atom stereocenters. The molecule has 25 heavy (non-hydrogen) atoms. The van der Waals surface area contributed by atoms with Crippen LogP contribution in [0, 0.1) is 6.92 Å². The van der Waals surface area contributed by atoms with Crippen LogP contribution >= 0.6 is 11.3 Å². The number of aryl methyl sites for hydroxylation is 1. The average molecular weight is 366 g/mol. The van der Waals surface area contributed by atoms with Gasteiger partial charge < -0.3 is 5.32 Å². The summed E-state index contributed by atoms with van der Waals surface area (Å²) in [5.41, 5.74) is 1.11. The number of benzene rings is 1. The van der Waals surface area contributed by atoms with E-state index in [0.29, 0.717) is 27.7 Å². The van der Waals surface area contributed by atoms with E-state index >= 15 is 0 Å². The minimum absolute atomic E-state index is 0.289. The number of aromatic nitrogens is 3. The van der Waals surface area contributed by atoms with Gasteiger partial charge in [-0.1, -0.05) is 12.1 Å². The third kappa shape index (κ3) is 3.87. The Morgan fingerprint density at radius 3 is 2.56 bits per heavy atom. The normalized spacial score (nSPS) is 11.5. The molecular formula is C16H13F3N4OS. The van der Waals surface area contributed by atoms with Crippen LogP contribution in [0.15, 0.2) is 36.5 Å². The van der Waals surface area contributed by atoms with Gasteiger partial charge in [0.1, 0.15) is 9.88 Å². The van der Waals surface area contributed by atoms with Crippen molar-refractivity contribution in [2.75, 3.05) is 0 Å². The minimum atomic E-state index is -4.38. The number of hydrogen-bond acceptors (Lipinski definition) is 4. The van der Waals surface area contributed by atoms with E-state index in [0.717, 1.165) is 29.2 Å². The van der Waals surface area contributed by atoms with Crippen LogP contribution in [0.4, 0.5) is 13.2 Å². The fraction of sp³-hybridized carbons (Fsp3) is 0.188. The Labute approximate surface area is 144 Å². The van der Waals surface area contributed by atoms with Crippen molar-refractivity contribution in [1.82, 2.24) is 20.5 Å². The molecule has 2 heterocycles. The molecule has 0 aliphatic rings. The van der Waals surface area contributed by atoms with Crippen molar-refractivity contribution in [3.63, 3.8) is 0 Å². The zero-order valence-corrected chi connectivity index (χ0v) is 13.8. The van der Waals surface area contributed by atoms with Gasteiger partial charge in [-0.2, -0.15) is 18.3 Å². The number of carbonyl (C=O) groups excluding carboxylic acids is 1. The first-order chi connectivity index (χ1) is 11.8. The van der Waals surface area contributed by atoms with Crippen LogP contribution in [-0.4, -0.2) is 21.1 Å². The summed E-state index contributed by atoms with van der Waals surface area (Å²) in [6.45, 7) is 1.99. The number of nitrogens with one attached hydrogen (secondary N) is 2. The first-order valence-corrected chi connectivity index (χ1v) is 8.08. The Balaban J connectivity index is 1.76. The molecule has 3 rings (SSSR count). The van der Waals surface area contributed by atoms with Crippen LogP contribution in [-0.2, 0) is 12.7 Å². The SMILES string of the molecule is Cc1nc(-c2ccc(C(F)(F)F)cc2)sc1C(=O)NCc1ccn[nH]1. The monoisotopic (exact) mass is 366 g/mol. The van der Waals surface area contributed by atoms with Crippen LogP contribution in [0.5, 0.6) is 0 Å². The second kappa shape index (κ2) is 6.67. The summed E-state index contributed by atoms with van der Waals surface area (Å²) in [5.74, 6) is -0.289. The highest BCUT2D eigenvalue weighted by atomic mass is 32.1. The molecule has 0 saturated carbocycles. The highest BCUT2D eigenvalue weighted by Gasteiger charge is 2.30. The number of aromatic amines is 1. The number of amides is 1. The van der Waals surface area contributed by atoms with Gasteiger partial charge in [0.2, 0.25) is 0 Å². The maximum absolute atomic E-state index is 12.6. The summed E-state index contributed by atoms with van der Waals surface area (Å²) in [4.78, 5) is 17.0. The van der Waals surface area contributed by atoms with Crippen molar-refractivity contribution in [2.45, 2.75) is 19.6 Å². The van der Waals surface area contributed by atoms with Gasteiger partial charge in [-0.05, 0) is 25.1 Å². The Morgan fingerprint density at radius 2 is 1.96 bits per heavy atom. The molecule has 1 amide bonds. The van der Waals surface area contributed by atoms with Crippen LogP contribution in [0.2, 0.25) is 0 Å². The molecule has 9 heteroatoms. The molecule has 5 nitrogen and oxygen atoms in total. The third-order valence-electron chi connectivity index (χ3n) is 3.46. The van der Waals surface area contributed by atoms with E-state index in [1.807, 2.05) is 0 Å². The van der Waals surface area contributed by atoms with E-state index in [-0.39, 0.29) is 5.91 Å². The minimum Gasteiger partial charge on any atom is -0.346 e. The summed E-state index contributed by atoms with van der Waals surface area (Å²) >= 11 is 1.14. The molecule has 130 valence electrons. The Morgan fingerprint density at radius 1 is 1.24 bits per heavy atom. The zero-order chi connectivity index (χ0) is 18.0. The lowest BCUT2D eigenvalue weighted by Gasteiger charge is -2.06. The van der Waals surface area contributed by atoms with Gasteiger partial charge in [0.05, 0.1) is 23.5 Å². The van der Waals surface area contributed by atoms with Gasteiger partial charge in [-0.3, -0.25) is 9.89 Å². The van der Waals surface area contributed by atoms with Crippen molar-refractivity contribution in [3.8, 4) is 10.6 Å². The topological polar surface area (TPSA) is 70.7 Å². The highest BCUT2D eigenvalue weighted by Crippen LogP contribution is 2.32. The van der Waals surface area contributed by atoms with Crippen LogP contribution in [0.1, 0.15) is 26.6 Å². The summed E-state index contributed by atoms with van der Waals surface area (Å²) in [5, 5.41) is 9.78. The van der Waals surface area contributed by atoms with Gasteiger partial charge in [0.15, 0.2) is 0 Å². The first-order valence-electron chi connectivity index (χ1n) is 7.26. The molecule has 1 aromatic carbocycles. The maximum atomic E-state index is 12.6. The fourth-order valence-electron chi connectivity index (χ4n) is 2.17. The predicted molar refractivity (Wildman–Crippen MR) is 87.0 cm³/mol. The van der Waals surface area contributed by atoms with Gasteiger partial charge in [0.25, 0.3) is 5.91 Å². The second-order valence-corrected chi connectivity index (χ2v) is 6.27. The summed E-state index contributed by atoms with van der Waals surface area (Å²) in [7, 11) is 0. The van der Waals surface area contributed by atoms with Gasteiger partial charge >= 0.3 is 6.18 Å². The van der Waals surface area contributed by atoms with E-state index in [1.165, 1.54) is 12.1 Å². The number of halogens is 3. The van der Waals surface area contributed by atoms with Crippen molar-refractivity contribution in [3.05, 3.63) is 58.4 Å². The first kappa shape index (κ1) is 17.2. The number of thiazole rings is 1. The molecule has 0 unspecified atom stereocenters. The molecule has 2 aromatic heterocycles. The Kier molecular flexibility index (Phi) is 4.58. The van der Waals surface area contributed by atoms with E-state index in [2.05, 4.69) is 20.5 Å². The number of alkyl halides is 3. The number of hydrogen-bond donors (Lipinski definition) is 2. The number of carbonyl (C=O) groups is 1. The van der Waals surface area contributed by atoms with E-state index < -0.39 is 11.7 Å². The van der Waals surface area contributed by atoms with Crippen molar-refractivity contribution < 1.29 is 18.0 Å². The predicted octanol–water partition coefficient (Wildman–Crippen LogP) is 3.79. The molecule has 0 saturated heterocycles. The molecule has 0 bridgehead atoms. The molecule has 2 N–H and O–H groups in total. The van der Waals surface area contributed by atoms with Crippen molar-refractivity contribution >= 4 is 17.2 Å².